The second kappa shape index (κ2) is 9.89. The van der Waals surface area contributed by atoms with Gasteiger partial charge in [0.15, 0.2) is 0 Å². The van der Waals surface area contributed by atoms with Crippen LogP contribution in [0.15, 0.2) is 59.1 Å². The van der Waals surface area contributed by atoms with Crippen LogP contribution in [0.2, 0.25) is 0 Å². The topological polar surface area (TPSA) is 86.8 Å². The summed E-state index contributed by atoms with van der Waals surface area (Å²) in [5, 5.41) is 2.54. The van der Waals surface area contributed by atoms with Crippen molar-refractivity contribution in [3.05, 3.63) is 64.6 Å². The Hall–Kier alpha value is -2.39. The molecule has 1 N–H and O–H groups in total. The lowest BCUT2D eigenvalue weighted by Crippen LogP contribution is -2.50. The summed E-state index contributed by atoms with van der Waals surface area (Å²) in [5.74, 6) is -0.804. The predicted molar refractivity (Wildman–Crippen MR) is 117 cm³/mol. The molecule has 1 atom stereocenters. The van der Waals surface area contributed by atoms with Crippen LogP contribution in [0.25, 0.3) is 0 Å². The van der Waals surface area contributed by atoms with Gasteiger partial charge in [-0.3, -0.25) is 13.9 Å². The Balaban J connectivity index is 2.34. The van der Waals surface area contributed by atoms with Gasteiger partial charge in [0.2, 0.25) is 21.8 Å². The van der Waals surface area contributed by atoms with Crippen LogP contribution in [-0.2, 0) is 26.2 Å². The number of nitrogens with zero attached hydrogens (tertiary/aromatic N) is 2. The number of anilines is 1. The zero-order valence-electron chi connectivity index (χ0n) is 16.5. The van der Waals surface area contributed by atoms with Gasteiger partial charge < -0.3 is 10.2 Å². The van der Waals surface area contributed by atoms with Crippen LogP contribution in [0.3, 0.4) is 0 Å². The minimum atomic E-state index is -3.71. The molecule has 0 fully saturated rings. The molecule has 2 amide bonds. The van der Waals surface area contributed by atoms with E-state index in [4.69, 9.17) is 0 Å². The molecule has 0 aliphatic heterocycles. The number of nitrogens with one attached hydrogen (secondary N) is 1. The normalized spacial score (nSPS) is 12.1. The third kappa shape index (κ3) is 6.30. The highest BCUT2D eigenvalue weighted by molar-refractivity contribution is 9.10. The molecule has 0 heterocycles. The fraction of sp³-hybridized carbons (Fsp3) is 0.300. The van der Waals surface area contributed by atoms with Crippen molar-refractivity contribution in [1.29, 1.82) is 0 Å². The van der Waals surface area contributed by atoms with E-state index in [1.165, 1.54) is 11.9 Å². The minimum Gasteiger partial charge on any atom is -0.357 e. The van der Waals surface area contributed by atoms with E-state index < -0.39 is 28.5 Å². The molecule has 9 heteroatoms. The Kier molecular flexibility index (Phi) is 7.80. The number of likely N-dealkylation sites (N-methyl/N-ethyl adjacent to an activating group) is 1. The number of benzene rings is 2. The van der Waals surface area contributed by atoms with E-state index in [0.717, 1.165) is 20.6 Å². The summed E-state index contributed by atoms with van der Waals surface area (Å²) in [6, 6.07) is 15.1. The van der Waals surface area contributed by atoms with Crippen LogP contribution in [0, 0.1) is 0 Å². The van der Waals surface area contributed by atoms with Crippen molar-refractivity contribution in [2.24, 2.45) is 0 Å². The average molecular weight is 482 g/mol. The van der Waals surface area contributed by atoms with Crippen LogP contribution in [0.1, 0.15) is 12.5 Å². The second-order valence-corrected chi connectivity index (χ2v) is 9.37. The van der Waals surface area contributed by atoms with Crippen LogP contribution < -0.4 is 9.62 Å². The van der Waals surface area contributed by atoms with Crippen LogP contribution in [0.5, 0.6) is 0 Å². The Bertz CT molecular complexity index is 949. The monoisotopic (exact) mass is 481 g/mol. The predicted octanol–water partition coefficient (Wildman–Crippen LogP) is 2.38. The third-order valence-corrected chi connectivity index (χ3v) is 6.07. The van der Waals surface area contributed by atoms with Crippen molar-refractivity contribution in [3.63, 3.8) is 0 Å². The van der Waals surface area contributed by atoms with Crippen molar-refractivity contribution in [2.45, 2.75) is 19.5 Å². The number of rotatable bonds is 8. The first kappa shape index (κ1) is 22.9. The van der Waals surface area contributed by atoms with E-state index >= 15 is 0 Å². The lowest BCUT2D eigenvalue weighted by Gasteiger charge is -2.31. The van der Waals surface area contributed by atoms with E-state index in [9.17, 15) is 18.0 Å². The summed E-state index contributed by atoms with van der Waals surface area (Å²) in [7, 11) is -2.22. The Morgan fingerprint density at radius 1 is 1.07 bits per heavy atom. The second-order valence-electron chi connectivity index (χ2n) is 6.54. The molecular formula is C20H24BrN3O4S. The number of sulfonamides is 1. The van der Waals surface area contributed by atoms with Gasteiger partial charge >= 0.3 is 0 Å². The summed E-state index contributed by atoms with van der Waals surface area (Å²) in [4.78, 5) is 26.7. The van der Waals surface area contributed by atoms with Gasteiger partial charge in [-0.2, -0.15) is 0 Å². The molecule has 0 spiro atoms. The van der Waals surface area contributed by atoms with Crippen molar-refractivity contribution < 1.29 is 18.0 Å². The van der Waals surface area contributed by atoms with E-state index in [1.54, 1.807) is 31.2 Å². The number of carbonyl (C=O) groups is 2. The summed E-state index contributed by atoms with van der Waals surface area (Å²) in [6.07, 6.45) is 1.05. The first-order valence-corrected chi connectivity index (χ1v) is 11.6. The summed E-state index contributed by atoms with van der Waals surface area (Å²) >= 11 is 3.31. The van der Waals surface area contributed by atoms with Crippen molar-refractivity contribution in [3.8, 4) is 0 Å². The van der Waals surface area contributed by atoms with Gasteiger partial charge in [-0.15, -0.1) is 0 Å². The maximum Gasteiger partial charge on any atom is 0.244 e. The van der Waals surface area contributed by atoms with E-state index in [1.807, 2.05) is 30.3 Å². The zero-order chi connectivity index (χ0) is 21.6. The fourth-order valence-corrected chi connectivity index (χ4v) is 3.91. The minimum absolute atomic E-state index is 0.187. The van der Waals surface area contributed by atoms with E-state index in [2.05, 4.69) is 21.2 Å². The van der Waals surface area contributed by atoms with Gasteiger partial charge in [0, 0.05) is 18.1 Å². The maximum atomic E-state index is 13.1. The molecule has 0 aliphatic carbocycles. The number of hydrogen-bond acceptors (Lipinski definition) is 4. The fourth-order valence-electron chi connectivity index (χ4n) is 2.79. The van der Waals surface area contributed by atoms with Crippen molar-refractivity contribution >= 4 is 43.5 Å². The number of carbonyl (C=O) groups excluding carboxylic acids is 2. The molecule has 29 heavy (non-hydrogen) atoms. The Morgan fingerprint density at radius 3 is 2.17 bits per heavy atom. The zero-order valence-corrected chi connectivity index (χ0v) is 18.9. The molecule has 0 unspecified atom stereocenters. The largest absolute Gasteiger partial charge is 0.357 e. The molecule has 7 nitrogen and oxygen atoms in total. The van der Waals surface area contributed by atoms with Gasteiger partial charge in [-0.1, -0.05) is 46.3 Å². The first-order chi connectivity index (χ1) is 13.6. The Morgan fingerprint density at radius 2 is 1.66 bits per heavy atom. The molecule has 2 aromatic carbocycles. The summed E-state index contributed by atoms with van der Waals surface area (Å²) < 4.78 is 26.5. The van der Waals surface area contributed by atoms with Crippen molar-refractivity contribution in [1.82, 2.24) is 10.2 Å². The SMILES string of the molecule is CNC(=O)[C@@H](C)N(Cc1ccccc1)C(=O)CN(c1ccc(Br)cc1)S(C)(=O)=O. The average Bonchev–Trinajstić information content (AvgIpc) is 2.69. The Labute approximate surface area is 179 Å². The highest BCUT2D eigenvalue weighted by atomic mass is 79.9. The van der Waals surface area contributed by atoms with Gasteiger partial charge in [-0.05, 0) is 36.8 Å². The number of hydrogen-bond donors (Lipinski definition) is 1. The highest BCUT2D eigenvalue weighted by Crippen LogP contribution is 2.21. The van der Waals surface area contributed by atoms with Gasteiger partial charge in [-0.25, -0.2) is 8.42 Å². The van der Waals surface area contributed by atoms with Gasteiger partial charge in [0.05, 0.1) is 11.9 Å². The van der Waals surface area contributed by atoms with Crippen LogP contribution in [0.4, 0.5) is 5.69 Å². The third-order valence-electron chi connectivity index (χ3n) is 4.40. The molecule has 0 radical (unpaired) electrons. The van der Waals surface area contributed by atoms with E-state index in [-0.39, 0.29) is 12.5 Å². The quantitative estimate of drug-likeness (QED) is 0.626. The summed E-state index contributed by atoms with van der Waals surface area (Å²) in [5.41, 5.74) is 1.21. The maximum absolute atomic E-state index is 13.1. The smallest absolute Gasteiger partial charge is 0.244 e. The van der Waals surface area contributed by atoms with Gasteiger partial charge in [0.1, 0.15) is 12.6 Å². The number of halogens is 1. The molecule has 2 rings (SSSR count). The van der Waals surface area contributed by atoms with E-state index in [0.29, 0.717) is 5.69 Å². The highest BCUT2D eigenvalue weighted by Gasteiger charge is 2.29. The molecule has 0 saturated carbocycles. The first-order valence-electron chi connectivity index (χ1n) is 8.91. The lowest BCUT2D eigenvalue weighted by molar-refractivity contribution is -0.139. The molecule has 0 saturated heterocycles. The molecule has 0 aromatic heterocycles. The lowest BCUT2D eigenvalue weighted by atomic mass is 10.1. The number of amides is 2. The molecule has 156 valence electrons. The molecule has 0 aliphatic rings. The summed E-state index contributed by atoms with van der Waals surface area (Å²) in [6.45, 7) is 1.39. The van der Waals surface area contributed by atoms with Crippen LogP contribution >= 0.6 is 15.9 Å². The molecule has 0 bridgehead atoms. The van der Waals surface area contributed by atoms with Gasteiger partial charge in [0.25, 0.3) is 0 Å². The van der Waals surface area contributed by atoms with Crippen molar-refractivity contribution in [2.75, 3.05) is 24.2 Å². The molecule has 2 aromatic rings. The molecular weight excluding hydrogens is 458 g/mol. The standard InChI is InChI=1S/C20H24BrN3O4S/c1-15(20(26)22-2)23(13-16-7-5-4-6-8-16)19(25)14-24(29(3,27)28)18-11-9-17(21)10-12-18/h4-12,15H,13-14H2,1-3H3,(H,22,26)/t15-/m1/s1. The van der Waals surface area contributed by atoms with Crippen LogP contribution in [-0.4, -0.2) is 51.0 Å².